The van der Waals surface area contributed by atoms with E-state index in [4.69, 9.17) is 0 Å². The zero-order valence-electron chi connectivity index (χ0n) is 10.9. The van der Waals surface area contributed by atoms with E-state index in [-0.39, 0.29) is 16.2 Å². The van der Waals surface area contributed by atoms with Gasteiger partial charge in [-0.2, -0.15) is 11.8 Å². The van der Waals surface area contributed by atoms with Gasteiger partial charge in [-0.25, -0.2) is 0 Å². The van der Waals surface area contributed by atoms with Crippen molar-refractivity contribution in [2.75, 3.05) is 19.3 Å². The smallest absolute Gasteiger partial charge is 0.240 e. The molecule has 1 heterocycles. The van der Waals surface area contributed by atoms with Crippen molar-refractivity contribution in [3.8, 4) is 0 Å². The van der Waals surface area contributed by atoms with Gasteiger partial charge in [-0.1, -0.05) is 0 Å². The van der Waals surface area contributed by atoms with Gasteiger partial charge in [0, 0.05) is 11.3 Å². The highest BCUT2D eigenvalue weighted by molar-refractivity contribution is 7.99. The first kappa shape index (κ1) is 13.8. The first-order valence-electron chi connectivity index (χ1n) is 5.98. The average molecular weight is 244 g/mol. The van der Waals surface area contributed by atoms with E-state index < -0.39 is 0 Å². The Morgan fingerprint density at radius 3 is 2.69 bits per heavy atom. The Morgan fingerprint density at radius 1 is 1.50 bits per heavy atom. The maximum Gasteiger partial charge on any atom is 0.240 e. The molecule has 0 aromatic heterocycles. The van der Waals surface area contributed by atoms with Crippen LogP contribution in [0.3, 0.4) is 0 Å². The molecule has 1 rings (SSSR count). The Balaban J connectivity index is 2.45. The second kappa shape index (κ2) is 5.41. The van der Waals surface area contributed by atoms with Gasteiger partial charge in [0.15, 0.2) is 0 Å². The lowest BCUT2D eigenvalue weighted by atomic mass is 9.90. The normalized spacial score (nSPS) is 26.5. The lowest BCUT2D eigenvalue weighted by Crippen LogP contribution is -2.58. The van der Waals surface area contributed by atoms with Gasteiger partial charge < -0.3 is 10.6 Å². The van der Waals surface area contributed by atoms with E-state index in [0.717, 1.165) is 25.9 Å². The number of amides is 1. The van der Waals surface area contributed by atoms with Crippen LogP contribution in [-0.2, 0) is 4.79 Å². The average Bonchev–Trinajstić information content (AvgIpc) is 2.27. The molecule has 0 aliphatic carbocycles. The zero-order chi connectivity index (χ0) is 12.2. The molecule has 4 heteroatoms. The zero-order valence-corrected chi connectivity index (χ0v) is 11.7. The van der Waals surface area contributed by atoms with Gasteiger partial charge in [0.1, 0.15) is 0 Å². The number of piperidine rings is 1. The van der Waals surface area contributed by atoms with Gasteiger partial charge in [0.25, 0.3) is 0 Å². The van der Waals surface area contributed by atoms with Gasteiger partial charge in [-0.15, -0.1) is 0 Å². The van der Waals surface area contributed by atoms with E-state index in [0.29, 0.717) is 0 Å². The Hall–Kier alpha value is -0.220. The summed E-state index contributed by atoms with van der Waals surface area (Å²) in [6.07, 6.45) is 5.34. The first-order chi connectivity index (χ1) is 7.40. The molecule has 1 fully saturated rings. The van der Waals surface area contributed by atoms with Crippen molar-refractivity contribution in [2.45, 2.75) is 50.3 Å². The lowest BCUT2D eigenvalue weighted by Gasteiger charge is -2.34. The van der Waals surface area contributed by atoms with Crippen LogP contribution in [-0.4, -0.2) is 35.5 Å². The molecule has 2 N–H and O–H groups in total. The molecular weight excluding hydrogens is 220 g/mol. The molecule has 16 heavy (non-hydrogen) atoms. The maximum absolute atomic E-state index is 12.1. The molecule has 1 amide bonds. The molecule has 1 aliphatic heterocycles. The summed E-state index contributed by atoms with van der Waals surface area (Å²) in [6, 6.07) is 0. The van der Waals surface area contributed by atoms with Crippen LogP contribution in [0.2, 0.25) is 0 Å². The predicted molar refractivity (Wildman–Crippen MR) is 70.9 cm³/mol. The number of carbonyl (C=O) groups excluding carboxylic acids is 1. The third kappa shape index (κ3) is 3.67. The monoisotopic (exact) mass is 244 g/mol. The molecule has 0 bridgehead atoms. The number of nitrogens with one attached hydrogen (secondary N) is 2. The molecule has 3 nitrogen and oxygen atoms in total. The molecular formula is C12H24N2OS. The molecule has 94 valence electrons. The molecule has 1 saturated heterocycles. The summed E-state index contributed by atoms with van der Waals surface area (Å²) < 4.78 is 0.112. The fourth-order valence-corrected chi connectivity index (χ4v) is 2.03. The van der Waals surface area contributed by atoms with Crippen LogP contribution in [0, 0.1) is 0 Å². The summed E-state index contributed by atoms with van der Waals surface area (Å²) in [5.41, 5.74) is -0.354. The van der Waals surface area contributed by atoms with Gasteiger partial charge in [-0.05, 0) is 52.8 Å². The first-order valence-corrected chi connectivity index (χ1v) is 7.21. The summed E-state index contributed by atoms with van der Waals surface area (Å²) >= 11 is 1.78. The summed E-state index contributed by atoms with van der Waals surface area (Å²) in [4.78, 5) is 12.1. The van der Waals surface area contributed by atoms with E-state index >= 15 is 0 Å². The van der Waals surface area contributed by atoms with Crippen LogP contribution >= 0.6 is 11.8 Å². The standard InChI is InChI=1S/C12H24N2OS/c1-11(2,16-4)9-13-10(15)12(3)7-5-6-8-14-12/h14H,5-9H2,1-4H3,(H,13,15). The third-order valence-electron chi connectivity index (χ3n) is 3.35. The van der Waals surface area contributed by atoms with Crippen LogP contribution in [0.25, 0.3) is 0 Å². The predicted octanol–water partition coefficient (Wildman–Crippen LogP) is 1.78. The Bertz CT molecular complexity index is 247. The molecule has 1 aliphatic rings. The molecule has 0 aromatic rings. The van der Waals surface area contributed by atoms with Gasteiger partial charge in [0.2, 0.25) is 5.91 Å². The quantitative estimate of drug-likeness (QED) is 0.792. The van der Waals surface area contributed by atoms with Crippen LogP contribution in [0.5, 0.6) is 0 Å². The summed E-state index contributed by atoms with van der Waals surface area (Å²) in [5.74, 6) is 0.148. The minimum absolute atomic E-state index is 0.112. The SMILES string of the molecule is CSC(C)(C)CNC(=O)C1(C)CCCCN1. The van der Waals surface area contributed by atoms with Crippen LogP contribution in [0.15, 0.2) is 0 Å². The highest BCUT2D eigenvalue weighted by atomic mass is 32.2. The number of thioether (sulfide) groups is 1. The van der Waals surface area contributed by atoms with E-state index in [2.05, 4.69) is 30.7 Å². The Kier molecular flexibility index (Phi) is 4.68. The Morgan fingerprint density at radius 2 is 2.19 bits per heavy atom. The minimum atomic E-state index is -0.354. The van der Waals surface area contributed by atoms with Crippen molar-refractivity contribution >= 4 is 17.7 Å². The lowest BCUT2D eigenvalue weighted by molar-refractivity contribution is -0.128. The number of hydrogen-bond acceptors (Lipinski definition) is 3. The van der Waals surface area contributed by atoms with E-state index in [1.54, 1.807) is 11.8 Å². The van der Waals surface area contributed by atoms with Crippen LogP contribution in [0.4, 0.5) is 0 Å². The van der Waals surface area contributed by atoms with Crippen LogP contribution < -0.4 is 10.6 Å². The van der Waals surface area contributed by atoms with Crippen molar-refractivity contribution in [1.82, 2.24) is 10.6 Å². The van der Waals surface area contributed by atoms with Gasteiger partial charge in [-0.3, -0.25) is 4.79 Å². The molecule has 0 aromatic carbocycles. The van der Waals surface area contributed by atoms with Crippen LogP contribution in [0.1, 0.15) is 40.0 Å². The van der Waals surface area contributed by atoms with E-state index in [1.807, 2.05) is 6.92 Å². The van der Waals surface area contributed by atoms with Crippen molar-refractivity contribution in [2.24, 2.45) is 0 Å². The Labute approximate surface area is 103 Å². The van der Waals surface area contributed by atoms with Gasteiger partial charge >= 0.3 is 0 Å². The van der Waals surface area contributed by atoms with Gasteiger partial charge in [0.05, 0.1) is 5.54 Å². The molecule has 1 unspecified atom stereocenters. The second-order valence-corrected chi connectivity index (χ2v) is 6.88. The molecule has 0 radical (unpaired) electrons. The molecule has 0 spiro atoms. The minimum Gasteiger partial charge on any atom is -0.353 e. The highest BCUT2D eigenvalue weighted by Gasteiger charge is 2.34. The van der Waals surface area contributed by atoms with E-state index in [1.165, 1.54) is 6.42 Å². The molecule has 0 saturated carbocycles. The largest absolute Gasteiger partial charge is 0.353 e. The fraction of sp³-hybridized carbons (Fsp3) is 0.917. The van der Waals surface area contributed by atoms with Crippen molar-refractivity contribution in [3.05, 3.63) is 0 Å². The molecule has 1 atom stereocenters. The van der Waals surface area contributed by atoms with Crippen molar-refractivity contribution in [1.29, 1.82) is 0 Å². The fourth-order valence-electron chi connectivity index (χ4n) is 1.81. The van der Waals surface area contributed by atoms with Crippen molar-refractivity contribution in [3.63, 3.8) is 0 Å². The second-order valence-electron chi connectivity index (χ2n) is 5.36. The number of carbonyl (C=O) groups is 1. The number of rotatable bonds is 4. The summed E-state index contributed by atoms with van der Waals surface area (Å²) in [5, 5.41) is 6.39. The maximum atomic E-state index is 12.1. The topological polar surface area (TPSA) is 41.1 Å². The van der Waals surface area contributed by atoms with E-state index in [9.17, 15) is 4.79 Å². The third-order valence-corrected chi connectivity index (χ3v) is 4.60. The summed E-state index contributed by atoms with van der Waals surface area (Å²) in [6.45, 7) is 7.98. The number of hydrogen-bond donors (Lipinski definition) is 2. The van der Waals surface area contributed by atoms with Crippen molar-refractivity contribution < 1.29 is 4.79 Å². The summed E-state index contributed by atoms with van der Waals surface area (Å²) in [7, 11) is 0. The highest BCUT2D eigenvalue weighted by Crippen LogP contribution is 2.22.